The normalized spacial score (nSPS) is 10.7. The Bertz CT molecular complexity index is 1020. The average Bonchev–Trinajstić information content (AvgIpc) is 2.77. The van der Waals surface area contributed by atoms with Gasteiger partial charge in [-0.2, -0.15) is 0 Å². The summed E-state index contributed by atoms with van der Waals surface area (Å²) in [6, 6.07) is 20.4. The van der Waals surface area contributed by atoms with Crippen LogP contribution in [-0.2, 0) is 11.3 Å². The van der Waals surface area contributed by atoms with Crippen molar-refractivity contribution in [1.82, 2.24) is 0 Å². The van der Waals surface area contributed by atoms with Crippen LogP contribution in [0.1, 0.15) is 34.0 Å². The molecule has 154 valence electrons. The van der Waals surface area contributed by atoms with Crippen molar-refractivity contribution in [2.75, 3.05) is 13.7 Å². The van der Waals surface area contributed by atoms with Crippen molar-refractivity contribution < 1.29 is 24.1 Å². The second-order valence-corrected chi connectivity index (χ2v) is 6.48. The van der Waals surface area contributed by atoms with Crippen LogP contribution in [-0.4, -0.2) is 24.8 Å². The second-order valence-electron chi connectivity index (χ2n) is 6.48. The van der Waals surface area contributed by atoms with Gasteiger partial charge in [0.2, 0.25) is 0 Å². The lowest BCUT2D eigenvalue weighted by molar-refractivity contribution is 0.0523. The largest absolute Gasteiger partial charge is 0.507 e. The summed E-state index contributed by atoms with van der Waals surface area (Å²) < 4.78 is 16.4. The van der Waals surface area contributed by atoms with E-state index in [4.69, 9.17) is 14.2 Å². The summed E-state index contributed by atoms with van der Waals surface area (Å²) in [4.78, 5) is 12.2. The number of phenols is 1. The van der Waals surface area contributed by atoms with Gasteiger partial charge in [-0.05, 0) is 41.8 Å². The minimum Gasteiger partial charge on any atom is -0.507 e. The van der Waals surface area contributed by atoms with Crippen LogP contribution < -0.4 is 9.47 Å². The Balaban J connectivity index is 1.84. The summed E-state index contributed by atoms with van der Waals surface area (Å²) in [6.07, 6.45) is 3.60. The van der Waals surface area contributed by atoms with Gasteiger partial charge in [0.25, 0.3) is 0 Å². The molecule has 0 aliphatic rings. The van der Waals surface area contributed by atoms with E-state index in [1.165, 1.54) is 6.07 Å². The first-order valence-corrected chi connectivity index (χ1v) is 9.64. The number of hydrogen-bond acceptors (Lipinski definition) is 5. The van der Waals surface area contributed by atoms with Gasteiger partial charge in [-0.25, -0.2) is 4.79 Å². The maximum Gasteiger partial charge on any atom is 0.342 e. The van der Waals surface area contributed by atoms with Crippen molar-refractivity contribution in [3.8, 4) is 17.2 Å². The summed E-state index contributed by atoms with van der Waals surface area (Å²) in [5, 5.41) is 10.1. The average molecular weight is 404 g/mol. The Hall–Kier alpha value is -3.73. The predicted molar refractivity (Wildman–Crippen MR) is 117 cm³/mol. The molecule has 0 bridgehead atoms. The van der Waals surface area contributed by atoms with Crippen molar-refractivity contribution in [3.63, 3.8) is 0 Å². The standard InChI is InChI=1S/C25H24O5/c1-3-29-25(27)24-20(10-7-11-21(24)26)14-12-18-13-15-22(28-2)23(16-18)30-17-19-8-5-4-6-9-19/h4-16,26H,3,17H2,1-2H3/b14-12+. The number of phenolic OH excluding ortho intramolecular Hbond substituents is 1. The van der Waals surface area contributed by atoms with Gasteiger partial charge in [0.15, 0.2) is 11.5 Å². The van der Waals surface area contributed by atoms with Crippen molar-refractivity contribution in [3.05, 3.63) is 89.0 Å². The third kappa shape index (κ3) is 5.20. The Morgan fingerprint density at radius 1 is 0.967 bits per heavy atom. The fourth-order valence-electron chi connectivity index (χ4n) is 2.95. The SMILES string of the molecule is CCOC(=O)c1c(O)cccc1/C=C/c1ccc(OC)c(OCc2ccccc2)c1. The maximum absolute atomic E-state index is 12.2. The zero-order valence-electron chi connectivity index (χ0n) is 17.0. The molecule has 0 radical (unpaired) electrons. The molecule has 5 nitrogen and oxygen atoms in total. The van der Waals surface area contributed by atoms with Crippen molar-refractivity contribution in [2.45, 2.75) is 13.5 Å². The lowest BCUT2D eigenvalue weighted by Crippen LogP contribution is -2.06. The fourth-order valence-corrected chi connectivity index (χ4v) is 2.95. The third-order valence-corrected chi connectivity index (χ3v) is 4.43. The molecule has 0 saturated heterocycles. The van der Waals surface area contributed by atoms with E-state index in [1.807, 2.05) is 54.6 Å². The lowest BCUT2D eigenvalue weighted by atomic mass is 10.0. The number of carbonyl (C=O) groups is 1. The molecule has 0 fully saturated rings. The number of hydrogen-bond donors (Lipinski definition) is 1. The maximum atomic E-state index is 12.2. The van der Waals surface area contributed by atoms with Crippen molar-refractivity contribution in [1.29, 1.82) is 0 Å². The minimum atomic E-state index is -0.558. The summed E-state index contributed by atoms with van der Waals surface area (Å²) in [5.41, 5.74) is 2.62. The van der Waals surface area contributed by atoms with E-state index >= 15 is 0 Å². The van der Waals surface area contributed by atoms with Gasteiger partial charge in [0.05, 0.1) is 13.7 Å². The number of methoxy groups -OCH3 is 1. The number of aromatic hydroxyl groups is 1. The smallest absolute Gasteiger partial charge is 0.342 e. The first kappa shape index (κ1) is 21.0. The molecule has 3 aromatic carbocycles. The Morgan fingerprint density at radius 3 is 2.50 bits per heavy atom. The molecule has 30 heavy (non-hydrogen) atoms. The molecule has 0 aliphatic heterocycles. The molecule has 0 amide bonds. The predicted octanol–water partition coefficient (Wildman–Crippen LogP) is 5.33. The highest BCUT2D eigenvalue weighted by atomic mass is 16.5. The summed E-state index contributed by atoms with van der Waals surface area (Å²) in [5.74, 6) is 0.576. The van der Waals surface area contributed by atoms with Crippen molar-refractivity contribution >= 4 is 18.1 Å². The molecule has 3 aromatic rings. The van der Waals surface area contributed by atoms with Crippen LogP contribution in [0, 0.1) is 0 Å². The highest BCUT2D eigenvalue weighted by Gasteiger charge is 2.15. The van der Waals surface area contributed by atoms with Crippen LogP contribution in [0.5, 0.6) is 17.2 Å². The van der Waals surface area contributed by atoms with Crippen LogP contribution in [0.3, 0.4) is 0 Å². The zero-order valence-corrected chi connectivity index (χ0v) is 17.0. The Labute approximate surface area is 176 Å². The van der Waals surface area contributed by atoms with Crippen LogP contribution in [0.15, 0.2) is 66.7 Å². The van der Waals surface area contributed by atoms with Gasteiger partial charge in [-0.1, -0.05) is 60.7 Å². The fraction of sp³-hybridized carbons (Fsp3) is 0.160. The van der Waals surface area contributed by atoms with E-state index in [-0.39, 0.29) is 17.9 Å². The van der Waals surface area contributed by atoms with Gasteiger partial charge in [0, 0.05) is 0 Å². The molecule has 0 unspecified atom stereocenters. The number of ether oxygens (including phenoxy) is 3. The third-order valence-electron chi connectivity index (χ3n) is 4.43. The molecular weight excluding hydrogens is 380 g/mol. The van der Waals surface area contributed by atoms with Gasteiger partial charge < -0.3 is 19.3 Å². The second kappa shape index (κ2) is 10.2. The molecule has 1 N–H and O–H groups in total. The first-order chi connectivity index (χ1) is 14.6. The van der Waals surface area contributed by atoms with Crippen LogP contribution in [0.25, 0.3) is 12.2 Å². The molecule has 0 atom stereocenters. The minimum absolute atomic E-state index is 0.114. The molecular formula is C25H24O5. The van der Waals surface area contributed by atoms with E-state index < -0.39 is 5.97 Å². The highest BCUT2D eigenvalue weighted by molar-refractivity contribution is 5.97. The summed E-state index contributed by atoms with van der Waals surface area (Å²) in [7, 11) is 1.60. The van der Waals surface area contributed by atoms with E-state index in [0.29, 0.717) is 23.7 Å². The lowest BCUT2D eigenvalue weighted by Gasteiger charge is -2.12. The molecule has 0 aromatic heterocycles. The van der Waals surface area contributed by atoms with Crippen LogP contribution >= 0.6 is 0 Å². The van der Waals surface area contributed by atoms with Gasteiger partial charge in [-0.3, -0.25) is 0 Å². The number of esters is 1. The quantitative estimate of drug-likeness (QED) is 0.406. The molecule has 0 spiro atoms. The number of rotatable bonds is 8. The van der Waals surface area contributed by atoms with Crippen LogP contribution in [0.4, 0.5) is 0 Å². The molecule has 0 aliphatic carbocycles. The summed E-state index contributed by atoms with van der Waals surface area (Å²) >= 11 is 0. The first-order valence-electron chi connectivity index (χ1n) is 9.64. The van der Waals surface area contributed by atoms with E-state index in [9.17, 15) is 9.90 Å². The zero-order chi connectivity index (χ0) is 21.3. The Kier molecular flexibility index (Phi) is 7.11. The molecule has 5 heteroatoms. The summed E-state index contributed by atoms with van der Waals surface area (Å²) in [6.45, 7) is 2.38. The highest BCUT2D eigenvalue weighted by Crippen LogP contribution is 2.30. The topological polar surface area (TPSA) is 65.0 Å². The van der Waals surface area contributed by atoms with Crippen LogP contribution in [0.2, 0.25) is 0 Å². The van der Waals surface area contributed by atoms with Gasteiger partial charge in [-0.15, -0.1) is 0 Å². The monoisotopic (exact) mass is 404 g/mol. The van der Waals surface area contributed by atoms with E-state index in [2.05, 4.69) is 0 Å². The molecule has 3 rings (SSSR count). The van der Waals surface area contributed by atoms with E-state index in [1.54, 1.807) is 32.2 Å². The van der Waals surface area contributed by atoms with Gasteiger partial charge >= 0.3 is 5.97 Å². The Morgan fingerprint density at radius 2 is 1.77 bits per heavy atom. The van der Waals surface area contributed by atoms with E-state index in [0.717, 1.165) is 11.1 Å². The molecule has 0 heterocycles. The molecule has 0 saturated carbocycles. The van der Waals surface area contributed by atoms with Crippen molar-refractivity contribution in [2.24, 2.45) is 0 Å². The van der Waals surface area contributed by atoms with Gasteiger partial charge in [0.1, 0.15) is 17.9 Å². The number of benzene rings is 3. The number of carbonyl (C=O) groups excluding carboxylic acids is 1.